The number of aromatic nitrogens is 1. The van der Waals surface area contributed by atoms with Gasteiger partial charge in [0, 0.05) is 43.5 Å². The van der Waals surface area contributed by atoms with Crippen molar-refractivity contribution in [1.82, 2.24) is 4.98 Å². The SMILES string of the molecule is CCCCON=CCc1ccc(OCCCOc2c(Cl)cc(OCC=C(Cl)Cl)cc2Cl)nc1. The average molecular weight is 536 g/mol. The van der Waals surface area contributed by atoms with E-state index in [-0.39, 0.29) is 11.1 Å². The zero-order valence-corrected chi connectivity index (χ0v) is 21.3. The number of ether oxygens (including phenoxy) is 3. The molecule has 6 nitrogen and oxygen atoms in total. The van der Waals surface area contributed by atoms with Crippen molar-refractivity contribution >= 4 is 52.6 Å². The van der Waals surface area contributed by atoms with Crippen LogP contribution in [0.5, 0.6) is 17.4 Å². The number of rotatable bonds is 15. The van der Waals surface area contributed by atoms with Gasteiger partial charge in [-0.1, -0.05) is 71.0 Å². The van der Waals surface area contributed by atoms with Crippen LogP contribution in [0.3, 0.4) is 0 Å². The monoisotopic (exact) mass is 534 g/mol. The first kappa shape index (κ1) is 27.4. The van der Waals surface area contributed by atoms with Gasteiger partial charge in [-0.2, -0.15) is 0 Å². The van der Waals surface area contributed by atoms with Gasteiger partial charge in [-0.05, 0) is 18.1 Å². The van der Waals surface area contributed by atoms with Crippen LogP contribution in [0.25, 0.3) is 0 Å². The van der Waals surface area contributed by atoms with E-state index in [1.807, 2.05) is 12.1 Å². The minimum atomic E-state index is 0.123. The van der Waals surface area contributed by atoms with E-state index in [9.17, 15) is 0 Å². The molecule has 0 unspecified atom stereocenters. The van der Waals surface area contributed by atoms with Crippen LogP contribution < -0.4 is 14.2 Å². The molecule has 0 saturated heterocycles. The van der Waals surface area contributed by atoms with Crippen LogP contribution >= 0.6 is 46.4 Å². The van der Waals surface area contributed by atoms with E-state index in [4.69, 9.17) is 65.5 Å². The zero-order chi connectivity index (χ0) is 23.9. The molecule has 0 fully saturated rings. The van der Waals surface area contributed by atoms with Crippen molar-refractivity contribution in [3.63, 3.8) is 0 Å². The normalized spacial score (nSPS) is 10.8. The van der Waals surface area contributed by atoms with Crippen LogP contribution in [-0.4, -0.2) is 37.6 Å². The van der Waals surface area contributed by atoms with Gasteiger partial charge in [0.1, 0.15) is 23.5 Å². The third kappa shape index (κ3) is 11.2. The molecular weight excluding hydrogens is 510 g/mol. The zero-order valence-electron chi connectivity index (χ0n) is 18.2. The van der Waals surface area contributed by atoms with Crippen molar-refractivity contribution in [3.05, 3.63) is 56.6 Å². The summed E-state index contributed by atoms with van der Waals surface area (Å²) < 4.78 is 16.9. The van der Waals surface area contributed by atoms with E-state index in [1.54, 1.807) is 24.5 Å². The van der Waals surface area contributed by atoms with Gasteiger partial charge in [-0.15, -0.1) is 0 Å². The van der Waals surface area contributed by atoms with Crippen LogP contribution in [0.4, 0.5) is 0 Å². The highest BCUT2D eigenvalue weighted by molar-refractivity contribution is 6.55. The molecule has 1 heterocycles. The van der Waals surface area contributed by atoms with E-state index < -0.39 is 0 Å². The van der Waals surface area contributed by atoms with Gasteiger partial charge in [0.05, 0.1) is 23.3 Å². The van der Waals surface area contributed by atoms with E-state index in [2.05, 4.69) is 17.1 Å². The fourth-order valence-corrected chi connectivity index (χ4v) is 3.14. The van der Waals surface area contributed by atoms with Gasteiger partial charge < -0.3 is 19.0 Å². The molecule has 180 valence electrons. The van der Waals surface area contributed by atoms with Gasteiger partial charge in [-0.3, -0.25) is 0 Å². The molecule has 1 aromatic carbocycles. The largest absolute Gasteiger partial charge is 0.490 e. The maximum atomic E-state index is 6.25. The van der Waals surface area contributed by atoms with Gasteiger partial charge in [0.25, 0.3) is 0 Å². The van der Waals surface area contributed by atoms with Crippen molar-refractivity contribution in [1.29, 1.82) is 0 Å². The second kappa shape index (κ2) is 15.9. The second-order valence-electron chi connectivity index (χ2n) is 6.75. The molecule has 0 bridgehead atoms. The predicted octanol–water partition coefficient (Wildman–Crippen LogP) is 7.28. The Hall–Kier alpha value is -1.86. The van der Waals surface area contributed by atoms with E-state index >= 15 is 0 Å². The van der Waals surface area contributed by atoms with Crippen LogP contribution in [-0.2, 0) is 11.3 Å². The number of benzene rings is 1. The highest BCUT2D eigenvalue weighted by atomic mass is 35.5. The Balaban J connectivity index is 1.69. The molecule has 0 aliphatic carbocycles. The topological polar surface area (TPSA) is 62.2 Å². The summed E-state index contributed by atoms with van der Waals surface area (Å²) in [5.74, 6) is 1.41. The molecule has 0 radical (unpaired) electrons. The van der Waals surface area contributed by atoms with E-state index in [1.165, 1.54) is 6.08 Å². The number of halogens is 4. The summed E-state index contributed by atoms with van der Waals surface area (Å²) in [5.41, 5.74) is 1.02. The Morgan fingerprint density at radius 1 is 1.00 bits per heavy atom. The molecule has 33 heavy (non-hydrogen) atoms. The molecule has 0 amide bonds. The fraction of sp³-hybridized carbons (Fsp3) is 0.391. The minimum Gasteiger partial charge on any atom is -0.490 e. The summed E-state index contributed by atoms with van der Waals surface area (Å²) in [5, 5.41) is 4.61. The highest BCUT2D eigenvalue weighted by Crippen LogP contribution is 2.37. The molecule has 0 aliphatic heterocycles. The lowest BCUT2D eigenvalue weighted by molar-refractivity contribution is 0.142. The lowest BCUT2D eigenvalue weighted by Crippen LogP contribution is -2.06. The van der Waals surface area contributed by atoms with Crippen molar-refractivity contribution in [2.45, 2.75) is 32.6 Å². The number of pyridine rings is 1. The molecule has 2 aromatic rings. The molecule has 1 aromatic heterocycles. The summed E-state index contributed by atoms with van der Waals surface area (Å²) in [6.45, 7) is 3.75. The van der Waals surface area contributed by atoms with Crippen LogP contribution in [0, 0.1) is 0 Å². The number of nitrogens with zero attached hydrogens (tertiary/aromatic N) is 2. The third-order valence-electron chi connectivity index (χ3n) is 4.11. The summed E-state index contributed by atoms with van der Waals surface area (Å²) >= 11 is 23.6. The van der Waals surface area contributed by atoms with E-state index in [0.717, 1.165) is 18.4 Å². The maximum Gasteiger partial charge on any atom is 0.213 e. The quantitative estimate of drug-likeness (QED) is 0.136. The van der Waals surface area contributed by atoms with Crippen LogP contribution in [0.15, 0.2) is 46.2 Å². The summed E-state index contributed by atoms with van der Waals surface area (Å²) in [4.78, 5) is 9.44. The summed E-state index contributed by atoms with van der Waals surface area (Å²) in [7, 11) is 0. The van der Waals surface area contributed by atoms with Crippen LogP contribution in [0.2, 0.25) is 10.0 Å². The number of unbranched alkanes of at least 4 members (excludes halogenated alkanes) is 1. The number of hydrogen-bond donors (Lipinski definition) is 0. The van der Waals surface area contributed by atoms with Crippen molar-refractivity contribution in [2.24, 2.45) is 5.16 Å². The molecule has 0 spiro atoms. The highest BCUT2D eigenvalue weighted by Gasteiger charge is 2.11. The maximum absolute atomic E-state index is 6.25. The molecule has 0 saturated carbocycles. The lowest BCUT2D eigenvalue weighted by atomic mass is 10.2. The first-order valence-corrected chi connectivity index (χ1v) is 12.0. The minimum absolute atomic E-state index is 0.123. The fourth-order valence-electron chi connectivity index (χ4n) is 2.44. The summed E-state index contributed by atoms with van der Waals surface area (Å²) in [6, 6.07) is 6.99. The Morgan fingerprint density at radius 2 is 1.76 bits per heavy atom. The number of oxime groups is 1. The van der Waals surface area contributed by atoms with Gasteiger partial charge in [-0.25, -0.2) is 4.98 Å². The number of hydrogen-bond acceptors (Lipinski definition) is 6. The first-order chi connectivity index (χ1) is 16.0. The standard InChI is InChI=1S/C23H26Cl4N2O4/c1-2-3-12-33-29-9-7-17-5-6-22(28-16-17)31-10-4-11-32-23-19(24)14-18(15-20(23)25)30-13-8-21(26)27/h5-6,8-9,14-16H,2-4,7,10-13H2,1H3. The van der Waals surface area contributed by atoms with Crippen molar-refractivity contribution < 1.29 is 19.0 Å². The molecule has 10 heteroatoms. The molecular formula is C23H26Cl4N2O4. The molecule has 0 aliphatic rings. The average Bonchev–Trinajstić information content (AvgIpc) is 2.78. The Kier molecular flexibility index (Phi) is 13.2. The van der Waals surface area contributed by atoms with Gasteiger partial charge in [0.15, 0.2) is 5.75 Å². The van der Waals surface area contributed by atoms with Gasteiger partial charge in [0.2, 0.25) is 5.88 Å². The van der Waals surface area contributed by atoms with Crippen molar-refractivity contribution in [3.8, 4) is 17.4 Å². The molecule has 0 N–H and O–H groups in total. The molecule has 2 rings (SSSR count). The Morgan fingerprint density at radius 3 is 2.42 bits per heavy atom. The Bertz CT molecular complexity index is 881. The van der Waals surface area contributed by atoms with Crippen molar-refractivity contribution in [2.75, 3.05) is 26.4 Å². The smallest absolute Gasteiger partial charge is 0.213 e. The first-order valence-electron chi connectivity index (χ1n) is 10.5. The predicted molar refractivity (Wildman–Crippen MR) is 135 cm³/mol. The van der Waals surface area contributed by atoms with Crippen LogP contribution in [0.1, 0.15) is 31.7 Å². The third-order valence-corrected chi connectivity index (χ3v) is 4.98. The van der Waals surface area contributed by atoms with E-state index in [0.29, 0.717) is 60.1 Å². The lowest BCUT2D eigenvalue weighted by Gasteiger charge is -2.12. The Labute approximate surface area is 214 Å². The molecule has 0 atom stereocenters. The van der Waals surface area contributed by atoms with Gasteiger partial charge >= 0.3 is 0 Å². The summed E-state index contributed by atoms with van der Waals surface area (Å²) in [6.07, 6.45) is 8.35. The second-order valence-corrected chi connectivity index (χ2v) is 8.58.